The first kappa shape index (κ1) is 14.7. The molecule has 0 aliphatic carbocycles. The minimum absolute atomic E-state index is 0.207. The lowest BCUT2D eigenvalue weighted by Gasteiger charge is -2.07. The van der Waals surface area contributed by atoms with Crippen molar-refractivity contribution >= 4 is 11.9 Å². The second kappa shape index (κ2) is 7.91. The predicted octanol–water partition coefficient (Wildman–Crippen LogP) is 2.09. The quantitative estimate of drug-likeness (QED) is 0.380. The van der Waals surface area contributed by atoms with E-state index >= 15 is 0 Å². The van der Waals surface area contributed by atoms with E-state index in [4.69, 9.17) is 9.47 Å². The summed E-state index contributed by atoms with van der Waals surface area (Å²) >= 11 is 0. The molecule has 4 nitrogen and oxygen atoms in total. The van der Waals surface area contributed by atoms with Gasteiger partial charge in [0, 0.05) is 18.4 Å². The molecular weight excluding hydrogens is 208 g/mol. The van der Waals surface area contributed by atoms with Crippen LogP contribution >= 0.6 is 0 Å². The molecule has 0 rings (SSSR count). The van der Waals surface area contributed by atoms with Crippen molar-refractivity contribution in [3.63, 3.8) is 0 Å². The van der Waals surface area contributed by atoms with Gasteiger partial charge >= 0.3 is 11.9 Å². The van der Waals surface area contributed by atoms with Gasteiger partial charge in [-0.05, 0) is 12.8 Å². The van der Waals surface area contributed by atoms with Gasteiger partial charge in [0.15, 0.2) is 0 Å². The monoisotopic (exact) mass is 228 g/mol. The molecule has 0 saturated heterocycles. The maximum absolute atomic E-state index is 11.1. The highest BCUT2D eigenvalue weighted by atomic mass is 16.5. The zero-order chi connectivity index (χ0) is 12.6. The topological polar surface area (TPSA) is 52.6 Å². The van der Waals surface area contributed by atoms with E-state index in [9.17, 15) is 9.59 Å². The fourth-order valence-corrected chi connectivity index (χ4v) is 0.925. The summed E-state index contributed by atoms with van der Waals surface area (Å²) in [7, 11) is 0. The molecule has 0 aromatic rings. The highest BCUT2D eigenvalue weighted by Crippen LogP contribution is 2.01. The molecule has 0 spiro atoms. The van der Waals surface area contributed by atoms with E-state index < -0.39 is 5.97 Å². The van der Waals surface area contributed by atoms with Crippen molar-refractivity contribution in [2.75, 3.05) is 13.2 Å². The Kier molecular flexibility index (Phi) is 7.25. The first-order chi connectivity index (χ1) is 7.43. The van der Waals surface area contributed by atoms with Crippen LogP contribution in [-0.4, -0.2) is 25.2 Å². The van der Waals surface area contributed by atoms with Crippen molar-refractivity contribution in [2.45, 2.75) is 33.6 Å². The Morgan fingerprint density at radius 3 is 2.25 bits per heavy atom. The van der Waals surface area contributed by atoms with Crippen LogP contribution in [0.25, 0.3) is 0 Å². The number of carbonyl (C=O) groups is 2. The molecule has 0 aromatic heterocycles. The first-order valence-electron chi connectivity index (χ1n) is 5.41. The molecule has 0 N–H and O–H groups in total. The normalized spacial score (nSPS) is 10.0. The zero-order valence-corrected chi connectivity index (χ0v) is 10.2. The lowest BCUT2D eigenvalue weighted by Crippen LogP contribution is -2.12. The second-order valence-electron chi connectivity index (χ2n) is 4.09. The van der Waals surface area contributed by atoms with Crippen molar-refractivity contribution in [1.82, 2.24) is 0 Å². The summed E-state index contributed by atoms with van der Waals surface area (Å²) < 4.78 is 9.78. The van der Waals surface area contributed by atoms with Crippen LogP contribution in [0.1, 0.15) is 33.6 Å². The molecule has 0 bridgehead atoms. The van der Waals surface area contributed by atoms with E-state index in [1.165, 1.54) is 0 Å². The maximum atomic E-state index is 11.1. The lowest BCUT2D eigenvalue weighted by molar-refractivity contribution is -0.145. The number of esters is 2. The average Bonchev–Trinajstić information content (AvgIpc) is 2.15. The van der Waals surface area contributed by atoms with Gasteiger partial charge in [-0.25, -0.2) is 4.79 Å². The molecule has 0 heterocycles. The summed E-state index contributed by atoms with van der Waals surface area (Å²) in [6.07, 6.45) is 0.939. The molecule has 92 valence electrons. The van der Waals surface area contributed by atoms with Gasteiger partial charge in [0.1, 0.15) is 0 Å². The molecule has 0 unspecified atom stereocenters. The van der Waals surface area contributed by atoms with Gasteiger partial charge in [0.05, 0.1) is 13.2 Å². The summed E-state index contributed by atoms with van der Waals surface area (Å²) in [5.41, 5.74) is 0.372. The van der Waals surface area contributed by atoms with Crippen LogP contribution in [0.2, 0.25) is 0 Å². The number of rotatable bonds is 7. The third-order valence-electron chi connectivity index (χ3n) is 1.71. The van der Waals surface area contributed by atoms with E-state index in [-0.39, 0.29) is 19.2 Å². The van der Waals surface area contributed by atoms with Crippen molar-refractivity contribution in [1.29, 1.82) is 0 Å². The molecule has 0 aliphatic rings. The number of ether oxygens (including phenoxy) is 2. The summed E-state index contributed by atoms with van der Waals surface area (Å²) in [5, 5.41) is 0. The molecular formula is C12H20O4. The first-order valence-corrected chi connectivity index (χ1v) is 5.41. The second-order valence-corrected chi connectivity index (χ2v) is 4.09. The fourth-order valence-electron chi connectivity index (χ4n) is 0.925. The zero-order valence-electron chi connectivity index (χ0n) is 10.2. The average molecular weight is 228 g/mol. The largest absolute Gasteiger partial charge is 0.466 e. The van der Waals surface area contributed by atoms with E-state index in [0.29, 0.717) is 24.3 Å². The molecule has 0 fully saturated rings. The number of carbonyl (C=O) groups excluding carboxylic acids is 2. The Labute approximate surface area is 96.6 Å². The van der Waals surface area contributed by atoms with E-state index in [2.05, 4.69) is 6.58 Å². The SMILES string of the molecule is C=C(C)C(=O)OCCCOC(=O)CC(C)C. The van der Waals surface area contributed by atoms with E-state index in [1.807, 2.05) is 13.8 Å². The summed E-state index contributed by atoms with van der Waals surface area (Å²) in [5.74, 6) is -0.316. The molecule has 0 radical (unpaired) electrons. The van der Waals surface area contributed by atoms with E-state index in [1.54, 1.807) is 6.92 Å². The fraction of sp³-hybridized carbons (Fsp3) is 0.667. The summed E-state index contributed by atoms with van der Waals surface area (Å²) in [4.78, 5) is 22.1. The van der Waals surface area contributed by atoms with Gasteiger partial charge in [-0.3, -0.25) is 4.79 Å². The van der Waals surface area contributed by atoms with Gasteiger partial charge in [-0.1, -0.05) is 20.4 Å². The molecule has 0 aliphatic heterocycles. The minimum atomic E-state index is -0.409. The van der Waals surface area contributed by atoms with Crippen LogP contribution in [-0.2, 0) is 19.1 Å². The van der Waals surface area contributed by atoms with Crippen LogP contribution in [0.15, 0.2) is 12.2 Å². The van der Waals surface area contributed by atoms with Crippen molar-refractivity contribution in [3.05, 3.63) is 12.2 Å². The lowest BCUT2D eigenvalue weighted by atomic mass is 10.1. The van der Waals surface area contributed by atoms with Crippen LogP contribution < -0.4 is 0 Å². The molecule has 16 heavy (non-hydrogen) atoms. The van der Waals surface area contributed by atoms with Crippen LogP contribution in [0.5, 0.6) is 0 Å². The minimum Gasteiger partial charge on any atom is -0.466 e. The number of hydrogen-bond donors (Lipinski definition) is 0. The Morgan fingerprint density at radius 2 is 1.75 bits per heavy atom. The van der Waals surface area contributed by atoms with Gasteiger partial charge < -0.3 is 9.47 Å². The van der Waals surface area contributed by atoms with Gasteiger partial charge in [-0.2, -0.15) is 0 Å². The maximum Gasteiger partial charge on any atom is 0.333 e. The Morgan fingerprint density at radius 1 is 1.19 bits per heavy atom. The third kappa shape index (κ3) is 8.03. The van der Waals surface area contributed by atoms with Crippen molar-refractivity contribution < 1.29 is 19.1 Å². The molecule has 4 heteroatoms. The Balaban J connectivity index is 3.44. The van der Waals surface area contributed by atoms with Crippen LogP contribution in [0, 0.1) is 5.92 Å². The standard InChI is InChI=1S/C12H20O4/c1-9(2)8-11(13)15-6-5-7-16-12(14)10(3)4/h9H,3,5-8H2,1-2,4H3. The Hall–Kier alpha value is -1.32. The number of hydrogen-bond acceptors (Lipinski definition) is 4. The Bertz CT molecular complexity index is 256. The van der Waals surface area contributed by atoms with Crippen LogP contribution in [0.4, 0.5) is 0 Å². The van der Waals surface area contributed by atoms with Gasteiger partial charge in [-0.15, -0.1) is 0 Å². The van der Waals surface area contributed by atoms with Crippen LogP contribution in [0.3, 0.4) is 0 Å². The molecule has 0 saturated carbocycles. The van der Waals surface area contributed by atoms with Gasteiger partial charge in [0.25, 0.3) is 0 Å². The molecule has 0 atom stereocenters. The molecule has 0 aromatic carbocycles. The molecule has 0 amide bonds. The summed E-state index contributed by atoms with van der Waals surface area (Å²) in [6, 6.07) is 0. The highest BCUT2D eigenvalue weighted by Gasteiger charge is 2.06. The third-order valence-corrected chi connectivity index (χ3v) is 1.71. The predicted molar refractivity (Wildman–Crippen MR) is 60.8 cm³/mol. The highest BCUT2D eigenvalue weighted by molar-refractivity contribution is 5.86. The van der Waals surface area contributed by atoms with Crippen molar-refractivity contribution in [2.24, 2.45) is 5.92 Å². The van der Waals surface area contributed by atoms with Crippen molar-refractivity contribution in [3.8, 4) is 0 Å². The van der Waals surface area contributed by atoms with E-state index in [0.717, 1.165) is 0 Å². The smallest absolute Gasteiger partial charge is 0.333 e. The van der Waals surface area contributed by atoms with Gasteiger partial charge in [0.2, 0.25) is 0 Å². The summed E-state index contributed by atoms with van der Waals surface area (Å²) in [6.45, 7) is 9.49.